The van der Waals surface area contributed by atoms with Crippen molar-refractivity contribution < 1.29 is 28.0 Å². The van der Waals surface area contributed by atoms with E-state index < -0.39 is 40.5 Å². The van der Waals surface area contributed by atoms with Gasteiger partial charge in [-0.25, -0.2) is 0 Å². The first kappa shape index (κ1) is 26.0. The van der Waals surface area contributed by atoms with Crippen LogP contribution in [0.25, 0.3) is 0 Å². The number of rotatable bonds is 5. The standard InChI is InChI=1S/C22H22B4ClF2N3O4/c23-15-8-21(25,19(35)30-17(15)33)31-9-11-7-10(1-6-14(11)18(31)34)16(24)32(26)20(36)22(28,29)12-2-4-13(27)5-3-12/h1-7,15-16H,8-9,23-26H2,(H,30,33,35)/t15?,16?,21-/m1/s1. The van der Waals surface area contributed by atoms with Crippen molar-refractivity contribution in [3.63, 3.8) is 0 Å². The van der Waals surface area contributed by atoms with Gasteiger partial charge in [0.15, 0.2) is 0 Å². The summed E-state index contributed by atoms with van der Waals surface area (Å²) in [6.07, 6.45) is 0.192. The van der Waals surface area contributed by atoms with Crippen LogP contribution in [0.2, 0.25) is 10.8 Å². The third kappa shape index (κ3) is 4.23. The molecular formula is C22H22B4ClF2N3O4. The molecule has 2 aliphatic heterocycles. The van der Waals surface area contributed by atoms with E-state index in [1.54, 1.807) is 41.7 Å². The number of imide groups is 1. The van der Waals surface area contributed by atoms with Gasteiger partial charge in [0.1, 0.15) is 23.5 Å². The van der Waals surface area contributed by atoms with Gasteiger partial charge in [0.2, 0.25) is 19.8 Å². The average Bonchev–Trinajstić information content (AvgIpc) is 3.18. The van der Waals surface area contributed by atoms with Crippen molar-refractivity contribution in [2.75, 3.05) is 0 Å². The summed E-state index contributed by atoms with van der Waals surface area (Å²) in [4.78, 5) is 52.9. The molecule has 1 N–H and O–H groups in total. The fourth-order valence-corrected chi connectivity index (χ4v) is 4.91. The number of alkyl halides is 2. The Morgan fingerprint density at radius 2 is 1.83 bits per heavy atom. The van der Waals surface area contributed by atoms with Crippen molar-refractivity contribution in [2.24, 2.45) is 0 Å². The van der Waals surface area contributed by atoms with Gasteiger partial charge in [0, 0.05) is 34.5 Å². The highest BCUT2D eigenvalue weighted by Crippen LogP contribution is 2.37. The van der Waals surface area contributed by atoms with Gasteiger partial charge in [0.25, 0.3) is 11.8 Å². The summed E-state index contributed by atoms with van der Waals surface area (Å²) in [6, 6.07) is 9.72. The quantitative estimate of drug-likeness (QED) is 0.410. The molecule has 0 spiro atoms. The highest BCUT2D eigenvalue weighted by atomic mass is 35.5. The van der Waals surface area contributed by atoms with Crippen LogP contribution >= 0.6 is 11.6 Å². The number of benzene rings is 2. The number of hydrogen-bond donors (Lipinski definition) is 1. The van der Waals surface area contributed by atoms with E-state index in [4.69, 9.17) is 11.6 Å². The van der Waals surface area contributed by atoms with Gasteiger partial charge in [0.05, 0.1) is 5.44 Å². The Morgan fingerprint density at radius 3 is 2.47 bits per heavy atom. The van der Waals surface area contributed by atoms with Crippen molar-refractivity contribution in [2.45, 2.75) is 36.1 Å². The van der Waals surface area contributed by atoms with Crippen LogP contribution in [0, 0.1) is 0 Å². The first-order valence-electron chi connectivity index (χ1n) is 11.5. The minimum atomic E-state index is -3.76. The van der Waals surface area contributed by atoms with Crippen LogP contribution in [0.15, 0.2) is 42.5 Å². The Kier molecular flexibility index (Phi) is 6.58. The number of carbonyl (C=O) groups is 4. The van der Waals surface area contributed by atoms with Gasteiger partial charge in [-0.1, -0.05) is 35.9 Å². The maximum atomic E-state index is 14.9. The first-order valence-corrected chi connectivity index (χ1v) is 11.9. The second-order valence-electron chi connectivity index (χ2n) is 9.68. The van der Waals surface area contributed by atoms with Crippen LogP contribution in [-0.4, -0.2) is 70.3 Å². The molecule has 2 aromatic carbocycles. The molecule has 4 amide bonds. The maximum absolute atomic E-state index is 14.9. The lowest BCUT2D eigenvalue weighted by Gasteiger charge is -2.42. The van der Waals surface area contributed by atoms with Gasteiger partial charge in [-0.3, -0.25) is 24.5 Å². The number of nitrogens with one attached hydrogen (secondary N) is 1. The molecule has 1 fully saturated rings. The zero-order valence-electron chi connectivity index (χ0n) is 20.3. The molecule has 2 unspecified atom stereocenters. The number of hydrogen-bond acceptors (Lipinski definition) is 4. The number of halogens is 3. The number of amides is 4. The summed E-state index contributed by atoms with van der Waals surface area (Å²) < 4.78 is 29.9. The van der Waals surface area contributed by atoms with Crippen LogP contribution in [0.1, 0.15) is 39.4 Å². The highest BCUT2D eigenvalue weighted by molar-refractivity contribution is 6.37. The lowest BCUT2D eigenvalue weighted by Crippen LogP contribution is -2.64. The van der Waals surface area contributed by atoms with Crippen LogP contribution in [0.5, 0.6) is 0 Å². The molecule has 0 aliphatic carbocycles. The summed E-state index contributed by atoms with van der Waals surface area (Å²) in [6.45, 7) is 0.123. The molecule has 2 heterocycles. The minimum absolute atomic E-state index is 0.123. The monoisotopic (exact) mass is 509 g/mol. The Bertz CT molecular complexity index is 1280. The van der Waals surface area contributed by atoms with Crippen molar-refractivity contribution in [3.05, 3.63) is 69.7 Å². The van der Waals surface area contributed by atoms with E-state index in [1.807, 2.05) is 0 Å². The molecular weight excluding hydrogens is 487 g/mol. The molecule has 4 rings (SSSR count). The van der Waals surface area contributed by atoms with E-state index in [0.29, 0.717) is 16.7 Å². The second kappa shape index (κ2) is 9.10. The van der Waals surface area contributed by atoms with Crippen LogP contribution in [0.4, 0.5) is 8.78 Å². The van der Waals surface area contributed by atoms with Crippen molar-refractivity contribution in [3.8, 4) is 0 Å². The summed E-state index contributed by atoms with van der Waals surface area (Å²) >= 11 is 5.78. The molecule has 1 saturated heterocycles. The van der Waals surface area contributed by atoms with Gasteiger partial charge in [-0.05, 0) is 35.7 Å². The Balaban J connectivity index is 1.56. The predicted octanol–water partition coefficient (Wildman–Crippen LogP) is -1.11. The molecule has 0 saturated carbocycles. The van der Waals surface area contributed by atoms with E-state index in [2.05, 4.69) is 5.32 Å². The Morgan fingerprint density at radius 1 is 1.19 bits per heavy atom. The fraction of sp³-hybridized carbons (Fsp3) is 0.273. The van der Waals surface area contributed by atoms with Crippen molar-refractivity contribution in [1.29, 1.82) is 0 Å². The van der Waals surface area contributed by atoms with E-state index in [0.717, 1.165) is 16.9 Å². The van der Waals surface area contributed by atoms with E-state index in [-0.39, 0.29) is 29.8 Å². The molecule has 182 valence electrons. The second-order valence-corrected chi connectivity index (χ2v) is 10.1. The van der Waals surface area contributed by atoms with E-state index in [1.165, 1.54) is 25.0 Å². The van der Waals surface area contributed by atoms with Crippen molar-refractivity contribution >= 4 is 66.7 Å². The highest BCUT2D eigenvalue weighted by Gasteiger charge is 2.50. The Labute approximate surface area is 215 Å². The largest absolute Gasteiger partial charge is 0.389 e. The molecule has 14 heteroatoms. The van der Waals surface area contributed by atoms with Gasteiger partial charge in [-0.15, -0.1) is 0 Å². The summed E-state index contributed by atoms with van der Waals surface area (Å²) in [7, 11) is 6.24. The lowest BCUT2D eigenvalue weighted by atomic mass is 9.62. The molecule has 0 aromatic heterocycles. The number of piperidine rings is 1. The smallest absolute Gasteiger partial charge is 0.348 e. The van der Waals surface area contributed by atoms with Crippen LogP contribution in [0.3, 0.4) is 0 Å². The van der Waals surface area contributed by atoms with E-state index in [9.17, 15) is 28.0 Å². The van der Waals surface area contributed by atoms with Gasteiger partial charge < -0.3 is 9.71 Å². The molecule has 2 aromatic rings. The molecule has 0 bridgehead atoms. The average molecular weight is 509 g/mol. The number of fused-ring (bicyclic) bond motifs is 1. The van der Waals surface area contributed by atoms with Crippen LogP contribution in [-0.2, 0) is 26.9 Å². The summed E-state index contributed by atoms with van der Waals surface area (Å²) in [5.74, 6) is -7.55. The molecule has 36 heavy (non-hydrogen) atoms. The SMILES string of the molecule is BC1C[C@@](B)(N2Cc3cc(C(B)N(B)C(=O)C(F)(F)c4ccc(Cl)cc4)ccc3C2=O)C(=O)NC1=O. The lowest BCUT2D eigenvalue weighted by molar-refractivity contribution is -0.154. The molecule has 2 aliphatic rings. The molecule has 7 nitrogen and oxygen atoms in total. The predicted molar refractivity (Wildman–Crippen MR) is 140 cm³/mol. The summed E-state index contributed by atoms with van der Waals surface area (Å²) in [5.41, 5.74) is -0.0909. The molecule has 3 atom stereocenters. The maximum Gasteiger partial charge on any atom is 0.348 e. The number of carbonyl (C=O) groups excluding carboxylic acids is 4. The third-order valence-electron chi connectivity index (χ3n) is 7.27. The third-order valence-corrected chi connectivity index (χ3v) is 7.52. The first-order chi connectivity index (χ1) is 16.8. The summed E-state index contributed by atoms with van der Waals surface area (Å²) in [5, 5.41) is 2.62. The van der Waals surface area contributed by atoms with Crippen molar-refractivity contribution in [1.82, 2.24) is 15.0 Å². The number of nitrogens with zero attached hydrogens (tertiary/aromatic N) is 2. The van der Waals surface area contributed by atoms with Gasteiger partial charge in [-0.2, -0.15) is 8.78 Å². The Hall–Kier alpha value is -3.07. The van der Waals surface area contributed by atoms with Crippen LogP contribution < -0.4 is 5.32 Å². The zero-order chi connectivity index (χ0) is 26.6. The van der Waals surface area contributed by atoms with Gasteiger partial charge >= 0.3 is 5.92 Å². The normalized spacial score (nSPS) is 22.7. The minimum Gasteiger partial charge on any atom is -0.389 e. The topological polar surface area (TPSA) is 86.8 Å². The molecule has 0 radical (unpaired) electrons. The zero-order valence-corrected chi connectivity index (χ0v) is 21.0. The van der Waals surface area contributed by atoms with E-state index >= 15 is 0 Å². The fourth-order valence-electron chi connectivity index (χ4n) is 4.79.